The van der Waals surface area contributed by atoms with Crippen LogP contribution in [0.1, 0.15) is 19.4 Å². The maximum Gasteiger partial charge on any atom is 0.344 e. The Labute approximate surface area is 186 Å². The van der Waals surface area contributed by atoms with E-state index in [1.807, 2.05) is 0 Å². The average Bonchev–Trinajstić information content (AvgIpc) is 2.70. The molecule has 0 saturated carbocycles. The topological polar surface area (TPSA) is 102 Å². The number of esters is 1. The molecule has 2 aromatic rings. The van der Waals surface area contributed by atoms with Crippen LogP contribution in [0.2, 0.25) is 0 Å². The van der Waals surface area contributed by atoms with Crippen molar-refractivity contribution in [2.24, 2.45) is 0 Å². The SMILES string of the molecule is CC(C)OC(=O)COc1ccc(/C=C2\C(=O)NC(=O)N(c3cccc(Br)c3)C2=O)cc1. The minimum Gasteiger partial charge on any atom is -0.482 e. The van der Waals surface area contributed by atoms with Crippen LogP contribution >= 0.6 is 15.9 Å². The fourth-order valence-corrected chi connectivity index (χ4v) is 3.16. The molecule has 0 atom stereocenters. The summed E-state index contributed by atoms with van der Waals surface area (Å²) >= 11 is 3.30. The van der Waals surface area contributed by atoms with E-state index < -0.39 is 23.8 Å². The normalized spacial score (nSPS) is 15.3. The number of barbiturate groups is 1. The fraction of sp³-hybridized carbons (Fsp3) is 0.182. The van der Waals surface area contributed by atoms with Crippen LogP contribution in [0.15, 0.2) is 58.6 Å². The highest BCUT2D eigenvalue weighted by atomic mass is 79.9. The molecule has 0 spiro atoms. The molecule has 31 heavy (non-hydrogen) atoms. The van der Waals surface area contributed by atoms with Gasteiger partial charge in [-0.3, -0.25) is 14.9 Å². The number of carbonyl (C=O) groups is 4. The molecular formula is C22H19BrN2O6. The number of carbonyl (C=O) groups excluding carboxylic acids is 4. The maximum absolute atomic E-state index is 12.9. The van der Waals surface area contributed by atoms with E-state index >= 15 is 0 Å². The van der Waals surface area contributed by atoms with Crippen LogP contribution < -0.4 is 15.0 Å². The second-order valence-corrected chi connectivity index (χ2v) is 7.75. The van der Waals surface area contributed by atoms with E-state index in [9.17, 15) is 19.2 Å². The Kier molecular flexibility index (Phi) is 6.86. The first kappa shape index (κ1) is 22.2. The lowest BCUT2D eigenvalue weighted by molar-refractivity contribution is -0.149. The van der Waals surface area contributed by atoms with Crippen molar-refractivity contribution in [3.63, 3.8) is 0 Å². The van der Waals surface area contributed by atoms with Gasteiger partial charge in [-0.1, -0.05) is 34.1 Å². The molecule has 1 N–H and O–H groups in total. The van der Waals surface area contributed by atoms with E-state index in [2.05, 4.69) is 21.2 Å². The van der Waals surface area contributed by atoms with E-state index in [0.717, 1.165) is 4.90 Å². The Balaban J connectivity index is 1.77. The highest BCUT2D eigenvalue weighted by molar-refractivity contribution is 9.10. The lowest BCUT2D eigenvalue weighted by Crippen LogP contribution is -2.54. The Morgan fingerprint density at radius 3 is 2.48 bits per heavy atom. The van der Waals surface area contributed by atoms with Crippen LogP contribution in [0.5, 0.6) is 5.75 Å². The summed E-state index contributed by atoms with van der Waals surface area (Å²) in [6, 6.07) is 12.2. The molecule has 2 aromatic carbocycles. The number of nitrogens with one attached hydrogen (secondary N) is 1. The molecule has 8 nitrogen and oxygen atoms in total. The molecular weight excluding hydrogens is 468 g/mol. The Hall–Kier alpha value is -3.46. The van der Waals surface area contributed by atoms with Crippen LogP contribution in [0.3, 0.4) is 0 Å². The molecule has 1 saturated heterocycles. The molecule has 1 aliphatic rings. The summed E-state index contributed by atoms with van der Waals surface area (Å²) in [6.07, 6.45) is 1.15. The van der Waals surface area contributed by atoms with Gasteiger partial charge in [-0.05, 0) is 55.8 Å². The summed E-state index contributed by atoms with van der Waals surface area (Å²) in [4.78, 5) is 49.8. The number of hydrogen-bond acceptors (Lipinski definition) is 6. The zero-order chi connectivity index (χ0) is 22.5. The summed E-state index contributed by atoms with van der Waals surface area (Å²) < 4.78 is 11.0. The number of imide groups is 2. The van der Waals surface area contributed by atoms with E-state index in [4.69, 9.17) is 9.47 Å². The Bertz CT molecular complexity index is 1060. The monoisotopic (exact) mass is 486 g/mol. The van der Waals surface area contributed by atoms with Gasteiger partial charge in [0.05, 0.1) is 11.8 Å². The highest BCUT2D eigenvalue weighted by Crippen LogP contribution is 2.25. The van der Waals surface area contributed by atoms with Crippen LogP contribution in [0, 0.1) is 0 Å². The summed E-state index contributed by atoms with van der Waals surface area (Å²) in [5, 5.41) is 2.18. The van der Waals surface area contributed by atoms with Crippen molar-refractivity contribution in [1.82, 2.24) is 5.32 Å². The zero-order valence-electron chi connectivity index (χ0n) is 16.8. The average molecular weight is 487 g/mol. The molecule has 3 rings (SSSR count). The summed E-state index contributed by atoms with van der Waals surface area (Å²) in [7, 11) is 0. The quantitative estimate of drug-likeness (QED) is 0.381. The van der Waals surface area contributed by atoms with Gasteiger partial charge in [-0.15, -0.1) is 0 Å². The standard InChI is InChI=1S/C22H19BrN2O6/c1-13(2)31-19(26)12-30-17-8-6-14(7-9-17)10-18-20(27)24-22(29)25(21(18)28)16-5-3-4-15(23)11-16/h3-11,13H,12H2,1-2H3,(H,24,27,29)/b18-10+. The number of urea groups is 1. The molecule has 0 aliphatic carbocycles. The van der Waals surface area contributed by atoms with Crippen molar-refractivity contribution in [1.29, 1.82) is 0 Å². The number of anilines is 1. The Morgan fingerprint density at radius 2 is 1.84 bits per heavy atom. The van der Waals surface area contributed by atoms with Gasteiger partial charge >= 0.3 is 12.0 Å². The summed E-state index contributed by atoms with van der Waals surface area (Å²) in [5.74, 6) is -1.57. The first-order valence-electron chi connectivity index (χ1n) is 9.34. The van der Waals surface area contributed by atoms with E-state index in [0.29, 0.717) is 21.5 Å². The number of ether oxygens (including phenoxy) is 2. The number of rotatable bonds is 6. The smallest absolute Gasteiger partial charge is 0.344 e. The minimum absolute atomic E-state index is 0.186. The van der Waals surface area contributed by atoms with Gasteiger partial charge in [0.2, 0.25) is 0 Å². The van der Waals surface area contributed by atoms with Crippen LogP contribution in [-0.4, -0.2) is 36.5 Å². The first-order chi connectivity index (χ1) is 14.7. The van der Waals surface area contributed by atoms with Crippen molar-refractivity contribution in [3.8, 4) is 5.75 Å². The number of nitrogens with zero attached hydrogens (tertiary/aromatic N) is 1. The van der Waals surface area contributed by atoms with Gasteiger partial charge in [0.15, 0.2) is 6.61 Å². The van der Waals surface area contributed by atoms with Gasteiger partial charge in [0.1, 0.15) is 11.3 Å². The molecule has 1 fully saturated rings. The zero-order valence-corrected chi connectivity index (χ0v) is 18.3. The predicted octanol–water partition coefficient (Wildman–Crippen LogP) is 3.45. The third kappa shape index (κ3) is 5.58. The van der Waals surface area contributed by atoms with Gasteiger partial charge in [0, 0.05) is 4.47 Å². The van der Waals surface area contributed by atoms with Gasteiger partial charge < -0.3 is 9.47 Å². The molecule has 0 bridgehead atoms. The fourth-order valence-electron chi connectivity index (χ4n) is 2.77. The lowest BCUT2D eigenvalue weighted by atomic mass is 10.1. The molecule has 9 heteroatoms. The van der Waals surface area contributed by atoms with E-state index in [1.165, 1.54) is 6.08 Å². The first-order valence-corrected chi connectivity index (χ1v) is 10.1. The highest BCUT2D eigenvalue weighted by Gasteiger charge is 2.36. The molecule has 1 aliphatic heterocycles. The van der Waals surface area contributed by atoms with Gasteiger partial charge in [-0.25, -0.2) is 14.5 Å². The van der Waals surface area contributed by atoms with Crippen molar-refractivity contribution in [2.45, 2.75) is 20.0 Å². The van der Waals surface area contributed by atoms with Crippen LogP contribution in [0.4, 0.5) is 10.5 Å². The van der Waals surface area contributed by atoms with Gasteiger partial charge in [0.25, 0.3) is 11.8 Å². The van der Waals surface area contributed by atoms with E-state index in [1.54, 1.807) is 62.4 Å². The maximum atomic E-state index is 12.9. The second kappa shape index (κ2) is 9.57. The molecule has 4 amide bonds. The molecule has 1 heterocycles. The van der Waals surface area contributed by atoms with Crippen molar-refractivity contribution in [2.75, 3.05) is 11.5 Å². The van der Waals surface area contributed by atoms with Crippen LogP contribution in [0.25, 0.3) is 6.08 Å². The van der Waals surface area contributed by atoms with Crippen molar-refractivity contribution < 1.29 is 28.7 Å². The molecule has 0 radical (unpaired) electrons. The Morgan fingerprint density at radius 1 is 1.13 bits per heavy atom. The molecule has 0 unspecified atom stereocenters. The van der Waals surface area contributed by atoms with Gasteiger partial charge in [-0.2, -0.15) is 0 Å². The largest absolute Gasteiger partial charge is 0.482 e. The summed E-state index contributed by atoms with van der Waals surface area (Å²) in [5.41, 5.74) is 0.681. The predicted molar refractivity (Wildman–Crippen MR) is 116 cm³/mol. The van der Waals surface area contributed by atoms with Crippen molar-refractivity contribution in [3.05, 3.63) is 64.1 Å². The second-order valence-electron chi connectivity index (χ2n) is 6.83. The number of hydrogen-bond donors (Lipinski definition) is 1. The number of benzene rings is 2. The third-order valence-electron chi connectivity index (χ3n) is 4.08. The van der Waals surface area contributed by atoms with Crippen molar-refractivity contribution >= 4 is 51.5 Å². The summed E-state index contributed by atoms with van der Waals surface area (Å²) in [6.45, 7) is 3.26. The van der Waals surface area contributed by atoms with Crippen LogP contribution in [-0.2, 0) is 19.1 Å². The molecule has 0 aromatic heterocycles. The molecule has 160 valence electrons. The lowest BCUT2D eigenvalue weighted by Gasteiger charge is -2.26. The minimum atomic E-state index is -0.817. The third-order valence-corrected chi connectivity index (χ3v) is 4.58. The number of amides is 4. The number of halogens is 1. The van der Waals surface area contributed by atoms with E-state index in [-0.39, 0.29) is 18.3 Å².